The first-order valence-electron chi connectivity index (χ1n) is 5.49. The van der Waals surface area contributed by atoms with E-state index in [4.69, 9.17) is 0 Å². The van der Waals surface area contributed by atoms with Crippen molar-refractivity contribution in [3.8, 4) is 0 Å². The van der Waals surface area contributed by atoms with Crippen molar-refractivity contribution in [1.82, 2.24) is 15.1 Å². The maximum atomic E-state index is 11.1. The molecule has 5 nitrogen and oxygen atoms in total. The summed E-state index contributed by atoms with van der Waals surface area (Å²) in [6.07, 6.45) is 3.66. The second-order valence-corrected chi connectivity index (χ2v) is 3.89. The van der Waals surface area contributed by atoms with Crippen molar-refractivity contribution in [2.45, 2.75) is 20.4 Å². The van der Waals surface area contributed by atoms with Crippen LogP contribution in [-0.4, -0.2) is 29.4 Å². The van der Waals surface area contributed by atoms with E-state index in [2.05, 4.69) is 15.2 Å². The molecule has 17 heavy (non-hydrogen) atoms. The first-order valence-corrected chi connectivity index (χ1v) is 5.49. The summed E-state index contributed by atoms with van der Waals surface area (Å²) in [5.41, 5.74) is 2.92. The highest BCUT2D eigenvalue weighted by Crippen LogP contribution is 2.04. The Morgan fingerprint density at radius 2 is 2.35 bits per heavy atom. The number of aromatic nitrogens is 2. The van der Waals surface area contributed by atoms with Gasteiger partial charge in [-0.3, -0.25) is 4.68 Å². The molecule has 0 fully saturated rings. The average molecular weight is 237 g/mol. The van der Waals surface area contributed by atoms with Crippen LogP contribution in [0.3, 0.4) is 0 Å². The van der Waals surface area contributed by atoms with Gasteiger partial charge in [-0.2, -0.15) is 5.10 Å². The van der Waals surface area contributed by atoms with Gasteiger partial charge in [-0.05, 0) is 13.8 Å². The smallest absolute Gasteiger partial charge is 0.333 e. The molecule has 0 amide bonds. The molecule has 0 aromatic carbocycles. The van der Waals surface area contributed by atoms with Gasteiger partial charge in [0.05, 0.1) is 13.3 Å². The van der Waals surface area contributed by atoms with Crippen molar-refractivity contribution in [3.05, 3.63) is 29.1 Å². The molecule has 94 valence electrons. The second-order valence-electron chi connectivity index (χ2n) is 3.89. The van der Waals surface area contributed by atoms with Crippen LogP contribution in [-0.2, 0) is 23.1 Å². The third-order valence-corrected chi connectivity index (χ3v) is 2.71. The fraction of sp³-hybridized carbons (Fsp3) is 0.500. The molecule has 1 N–H and O–H groups in total. The Morgan fingerprint density at radius 1 is 1.65 bits per heavy atom. The molecule has 0 bridgehead atoms. The van der Waals surface area contributed by atoms with Crippen LogP contribution < -0.4 is 5.32 Å². The molecule has 1 heterocycles. The van der Waals surface area contributed by atoms with Crippen molar-refractivity contribution in [1.29, 1.82) is 0 Å². The summed E-state index contributed by atoms with van der Waals surface area (Å²) in [7, 11) is 3.30. The molecule has 0 aliphatic carbocycles. The lowest BCUT2D eigenvalue weighted by atomic mass is 10.2. The number of ether oxygens (including phenoxy) is 1. The van der Waals surface area contributed by atoms with Crippen molar-refractivity contribution in [2.75, 3.05) is 13.7 Å². The Labute approximate surface area is 101 Å². The average Bonchev–Trinajstić information content (AvgIpc) is 2.64. The molecule has 0 aliphatic rings. The van der Waals surface area contributed by atoms with Gasteiger partial charge >= 0.3 is 5.97 Å². The number of hydrogen-bond acceptors (Lipinski definition) is 4. The van der Waals surface area contributed by atoms with E-state index in [-0.39, 0.29) is 5.97 Å². The van der Waals surface area contributed by atoms with E-state index in [9.17, 15) is 4.79 Å². The molecule has 5 heteroatoms. The number of aryl methyl sites for hydroxylation is 1. The largest absolute Gasteiger partial charge is 0.466 e. The standard InChI is InChI=1S/C12H19N3O2/c1-9(12(16)17-4)5-6-13-7-11-8-14-15(3)10(11)2/h5,8,13H,6-7H2,1-4H3. The van der Waals surface area contributed by atoms with Crippen LogP contribution in [0.15, 0.2) is 17.8 Å². The summed E-state index contributed by atoms with van der Waals surface area (Å²) in [6.45, 7) is 5.14. The zero-order chi connectivity index (χ0) is 12.8. The normalized spacial score (nSPS) is 11.6. The van der Waals surface area contributed by atoms with E-state index in [1.807, 2.05) is 30.9 Å². The third kappa shape index (κ3) is 3.71. The summed E-state index contributed by atoms with van der Waals surface area (Å²) in [4.78, 5) is 11.1. The Morgan fingerprint density at radius 3 is 2.88 bits per heavy atom. The summed E-state index contributed by atoms with van der Waals surface area (Å²) in [6, 6.07) is 0. The van der Waals surface area contributed by atoms with Gasteiger partial charge in [-0.25, -0.2) is 4.79 Å². The minimum Gasteiger partial charge on any atom is -0.466 e. The van der Waals surface area contributed by atoms with Gasteiger partial charge in [0.1, 0.15) is 0 Å². The molecule has 0 saturated heterocycles. The van der Waals surface area contributed by atoms with E-state index < -0.39 is 0 Å². The highest BCUT2D eigenvalue weighted by Gasteiger charge is 2.03. The van der Waals surface area contributed by atoms with Gasteiger partial charge in [-0.1, -0.05) is 6.08 Å². The van der Waals surface area contributed by atoms with Crippen LogP contribution in [0, 0.1) is 6.92 Å². The van der Waals surface area contributed by atoms with E-state index >= 15 is 0 Å². The van der Waals surface area contributed by atoms with Crippen molar-refractivity contribution in [3.63, 3.8) is 0 Å². The minimum atomic E-state index is -0.288. The first-order chi connectivity index (χ1) is 8.06. The predicted octanol–water partition coefficient (Wildman–Crippen LogP) is 0.937. The Bertz CT molecular complexity index is 421. The van der Waals surface area contributed by atoms with Gasteiger partial charge in [0, 0.05) is 37.0 Å². The molecule has 0 spiro atoms. The molecule has 0 atom stereocenters. The van der Waals surface area contributed by atoms with Gasteiger partial charge in [0.15, 0.2) is 0 Å². The Hall–Kier alpha value is -1.62. The summed E-state index contributed by atoms with van der Waals surface area (Å²) < 4.78 is 6.44. The van der Waals surface area contributed by atoms with Crippen LogP contribution in [0.5, 0.6) is 0 Å². The number of carbonyl (C=O) groups is 1. The monoisotopic (exact) mass is 237 g/mol. The molecule has 0 aliphatic heterocycles. The number of hydrogen-bond donors (Lipinski definition) is 1. The van der Waals surface area contributed by atoms with Crippen molar-refractivity contribution >= 4 is 5.97 Å². The van der Waals surface area contributed by atoms with Gasteiger partial charge < -0.3 is 10.1 Å². The van der Waals surface area contributed by atoms with Crippen LogP contribution >= 0.6 is 0 Å². The van der Waals surface area contributed by atoms with Crippen LogP contribution in [0.2, 0.25) is 0 Å². The van der Waals surface area contributed by atoms with Gasteiger partial charge in [0.2, 0.25) is 0 Å². The zero-order valence-electron chi connectivity index (χ0n) is 10.8. The highest BCUT2D eigenvalue weighted by atomic mass is 16.5. The Balaban J connectivity index is 2.39. The Kier molecular flexibility index (Phi) is 4.90. The van der Waals surface area contributed by atoms with Crippen LogP contribution in [0.4, 0.5) is 0 Å². The number of rotatable bonds is 5. The number of esters is 1. The number of methoxy groups -OCH3 is 1. The molecule has 0 saturated carbocycles. The molecule has 0 unspecified atom stereocenters. The topological polar surface area (TPSA) is 56.1 Å². The maximum absolute atomic E-state index is 11.1. The lowest BCUT2D eigenvalue weighted by Crippen LogP contribution is -2.15. The molecular formula is C12H19N3O2. The van der Waals surface area contributed by atoms with E-state index in [0.717, 1.165) is 17.8 Å². The zero-order valence-corrected chi connectivity index (χ0v) is 10.8. The molecule has 0 radical (unpaired) electrons. The first kappa shape index (κ1) is 13.4. The van der Waals surface area contributed by atoms with E-state index in [0.29, 0.717) is 12.1 Å². The lowest BCUT2D eigenvalue weighted by Gasteiger charge is -2.02. The second kappa shape index (κ2) is 6.20. The highest BCUT2D eigenvalue weighted by molar-refractivity contribution is 5.87. The van der Waals surface area contributed by atoms with Crippen LogP contribution in [0.1, 0.15) is 18.2 Å². The summed E-state index contributed by atoms with van der Waals surface area (Å²) >= 11 is 0. The molecule has 1 aromatic rings. The minimum absolute atomic E-state index is 0.288. The van der Waals surface area contributed by atoms with Crippen LogP contribution in [0.25, 0.3) is 0 Å². The molecular weight excluding hydrogens is 218 g/mol. The third-order valence-electron chi connectivity index (χ3n) is 2.71. The summed E-state index contributed by atoms with van der Waals surface area (Å²) in [5, 5.41) is 7.39. The quantitative estimate of drug-likeness (QED) is 0.470. The predicted molar refractivity (Wildman–Crippen MR) is 65.4 cm³/mol. The van der Waals surface area contributed by atoms with Crippen molar-refractivity contribution < 1.29 is 9.53 Å². The van der Waals surface area contributed by atoms with Gasteiger partial charge in [0.25, 0.3) is 0 Å². The fourth-order valence-electron chi connectivity index (χ4n) is 1.39. The molecule has 1 rings (SSSR count). The number of nitrogens with zero attached hydrogens (tertiary/aromatic N) is 2. The number of carbonyl (C=O) groups excluding carboxylic acids is 1. The SMILES string of the molecule is COC(=O)C(C)=CCNCc1cnn(C)c1C. The van der Waals surface area contributed by atoms with E-state index in [1.165, 1.54) is 7.11 Å². The molecule has 1 aromatic heterocycles. The van der Waals surface area contributed by atoms with Gasteiger partial charge in [-0.15, -0.1) is 0 Å². The summed E-state index contributed by atoms with van der Waals surface area (Å²) in [5.74, 6) is -0.288. The maximum Gasteiger partial charge on any atom is 0.333 e. The number of nitrogens with one attached hydrogen (secondary N) is 1. The fourth-order valence-corrected chi connectivity index (χ4v) is 1.39. The van der Waals surface area contributed by atoms with Crippen molar-refractivity contribution in [2.24, 2.45) is 7.05 Å². The lowest BCUT2D eigenvalue weighted by molar-refractivity contribution is -0.136. The van der Waals surface area contributed by atoms with E-state index in [1.54, 1.807) is 6.92 Å².